The van der Waals surface area contributed by atoms with E-state index in [9.17, 15) is 14.5 Å². The number of aromatic nitrogens is 2. The van der Waals surface area contributed by atoms with Crippen molar-refractivity contribution in [3.8, 4) is 0 Å². The van der Waals surface area contributed by atoms with Gasteiger partial charge in [-0.05, 0) is 32.0 Å². The van der Waals surface area contributed by atoms with Crippen molar-refractivity contribution < 1.29 is 33.7 Å². The number of ether oxygens (including phenoxy) is 1. The lowest BCUT2D eigenvalue weighted by atomic mass is 10.2. The third kappa shape index (κ3) is 8.93. The Morgan fingerprint density at radius 2 is 2.07 bits per heavy atom. The summed E-state index contributed by atoms with van der Waals surface area (Å²) in [5.74, 6) is 0. The maximum absolute atomic E-state index is 11.6. The number of carbonyl (C=O) groups is 1. The highest BCUT2D eigenvalue weighted by Crippen LogP contribution is 2.54. The first-order valence-corrected chi connectivity index (χ1v) is 11.1. The molecule has 1 aromatic heterocycles. The van der Waals surface area contributed by atoms with Gasteiger partial charge in [-0.1, -0.05) is 6.08 Å². The fourth-order valence-electron chi connectivity index (χ4n) is 2.42. The number of nitrogens with zero attached hydrogens (tertiary/aromatic N) is 1. The lowest BCUT2D eigenvalue weighted by molar-refractivity contribution is -0.0239. The molecule has 0 aromatic carbocycles. The number of hydrogen-bond acceptors (Lipinski definition) is 9. The van der Waals surface area contributed by atoms with Crippen LogP contribution in [-0.4, -0.2) is 70.6 Å². The molecular weight excluding hydrogens is 423 g/mol. The Hall–Kier alpha value is -1.30. The van der Waals surface area contributed by atoms with Gasteiger partial charge in [0.05, 0.1) is 11.7 Å². The van der Waals surface area contributed by atoms with E-state index in [-0.39, 0.29) is 29.1 Å². The molecule has 0 spiro atoms. The molecule has 12 heteroatoms. The molecular formula is C17H30N2O8PS+. The first-order chi connectivity index (χ1) is 13.8. The number of carbonyl (C=O) groups excluding carboxylic acids is 1. The van der Waals surface area contributed by atoms with Crippen LogP contribution in [0.15, 0.2) is 23.6 Å². The van der Waals surface area contributed by atoms with Crippen LogP contribution < -0.4 is 5.56 Å². The molecule has 0 amide bonds. The molecule has 4 atom stereocenters. The van der Waals surface area contributed by atoms with E-state index in [0.29, 0.717) is 19.1 Å². The Kier molecular flexibility index (Phi) is 13.2. The van der Waals surface area contributed by atoms with E-state index in [1.807, 2.05) is 0 Å². The second kappa shape index (κ2) is 13.8. The summed E-state index contributed by atoms with van der Waals surface area (Å²) in [6.45, 7) is 7.03. The van der Waals surface area contributed by atoms with Crippen LogP contribution in [0.25, 0.3) is 0 Å². The van der Waals surface area contributed by atoms with Gasteiger partial charge in [0, 0.05) is 20.4 Å². The van der Waals surface area contributed by atoms with E-state index in [1.54, 1.807) is 17.6 Å². The van der Waals surface area contributed by atoms with E-state index < -0.39 is 19.7 Å². The maximum Gasteiger partial charge on any atom is 0.406 e. The Balaban J connectivity index is 0.00000184. The molecule has 2 heterocycles. The van der Waals surface area contributed by atoms with Crippen molar-refractivity contribution in [1.82, 2.24) is 9.55 Å². The molecule has 1 aliphatic heterocycles. The third-order valence-electron chi connectivity index (χ3n) is 3.71. The Labute approximate surface area is 175 Å². The van der Waals surface area contributed by atoms with E-state index in [2.05, 4.69) is 11.6 Å². The topological polar surface area (TPSA) is 143 Å². The highest BCUT2D eigenvalue weighted by atomic mass is 32.1. The average Bonchev–Trinajstić information content (AvgIpc) is 3.18. The molecule has 4 unspecified atom stereocenters. The summed E-state index contributed by atoms with van der Waals surface area (Å²) in [6, 6.07) is 0. The van der Waals surface area contributed by atoms with Crippen molar-refractivity contribution >= 4 is 26.4 Å². The first-order valence-electron chi connectivity index (χ1n) is 8.66. The fraction of sp³-hybridized carbons (Fsp3) is 0.588. The molecule has 1 fully saturated rings. The Bertz CT molecular complexity index is 752. The lowest BCUT2D eigenvalue weighted by Crippen LogP contribution is -2.22. The van der Waals surface area contributed by atoms with Gasteiger partial charge in [-0.15, -0.1) is 6.58 Å². The molecule has 1 saturated heterocycles. The number of rotatable bonds is 8. The van der Waals surface area contributed by atoms with Crippen molar-refractivity contribution in [3.05, 3.63) is 39.5 Å². The van der Waals surface area contributed by atoms with E-state index >= 15 is 0 Å². The molecule has 29 heavy (non-hydrogen) atoms. The Morgan fingerprint density at radius 1 is 1.45 bits per heavy atom. The number of aliphatic hydroxyl groups excluding tert-OH is 2. The molecule has 0 aliphatic carbocycles. The minimum absolute atomic E-state index is 0.0161. The number of H-pyrrole nitrogens is 1. The van der Waals surface area contributed by atoms with Crippen LogP contribution in [0.2, 0.25) is 0 Å². The SMILES string of the molecule is C=CC(C)O[P+](C)(O)OCC1CCC(n2cc(C=O)c(=O)[nH]c2=S)O1.CO.CO. The summed E-state index contributed by atoms with van der Waals surface area (Å²) in [5.41, 5.74) is -0.541. The van der Waals surface area contributed by atoms with Crippen LogP contribution in [0.5, 0.6) is 0 Å². The highest BCUT2D eigenvalue weighted by molar-refractivity contribution is 7.71. The number of aromatic amines is 1. The summed E-state index contributed by atoms with van der Waals surface area (Å²) in [5, 5.41) is 14.0. The molecule has 2 rings (SSSR count). The van der Waals surface area contributed by atoms with Crippen molar-refractivity contribution in [2.75, 3.05) is 27.5 Å². The van der Waals surface area contributed by atoms with Crippen LogP contribution in [-0.2, 0) is 13.8 Å². The maximum atomic E-state index is 11.6. The van der Waals surface area contributed by atoms with Gasteiger partial charge < -0.3 is 14.9 Å². The molecule has 0 bridgehead atoms. The zero-order chi connectivity index (χ0) is 22.6. The number of nitrogens with one attached hydrogen (secondary N) is 1. The van der Waals surface area contributed by atoms with Crippen molar-refractivity contribution in [2.45, 2.75) is 38.2 Å². The second-order valence-electron chi connectivity index (χ2n) is 5.80. The van der Waals surface area contributed by atoms with Crippen molar-refractivity contribution in [2.24, 2.45) is 0 Å². The summed E-state index contributed by atoms with van der Waals surface area (Å²) < 4.78 is 18.5. The van der Waals surface area contributed by atoms with Crippen LogP contribution >= 0.6 is 20.2 Å². The molecule has 10 nitrogen and oxygen atoms in total. The third-order valence-corrected chi connectivity index (χ3v) is 5.38. The monoisotopic (exact) mass is 453 g/mol. The van der Waals surface area contributed by atoms with Gasteiger partial charge in [-0.2, -0.15) is 13.9 Å². The number of hydrogen-bond donors (Lipinski definition) is 4. The molecule has 166 valence electrons. The van der Waals surface area contributed by atoms with Crippen LogP contribution in [0.1, 0.15) is 36.4 Å². The molecule has 1 aromatic rings. The van der Waals surface area contributed by atoms with Gasteiger partial charge in [0.2, 0.25) is 0 Å². The standard InChI is InChI=1S/C15H21N2O6PS.2CH4O/c1-4-10(2)23-24(3,20)21-9-12-5-6-13(22-12)17-7-11(8-18)14(19)16-15(17)25;2*1-2/h4,7-8,10,12-13,20H,1,5-6,9H2,2-3H3;2*2H,1H3/p+1. The predicted molar refractivity (Wildman–Crippen MR) is 112 cm³/mol. The van der Waals surface area contributed by atoms with E-state index in [0.717, 1.165) is 14.2 Å². The minimum Gasteiger partial charge on any atom is -0.400 e. The number of aliphatic hydroxyl groups is 2. The fourth-order valence-corrected chi connectivity index (χ4v) is 3.89. The van der Waals surface area contributed by atoms with E-state index in [1.165, 1.54) is 12.9 Å². The molecule has 4 N–H and O–H groups in total. The Morgan fingerprint density at radius 3 is 2.62 bits per heavy atom. The summed E-state index contributed by atoms with van der Waals surface area (Å²) in [4.78, 5) is 35.1. The molecule has 0 saturated carbocycles. The number of aldehydes is 1. The largest absolute Gasteiger partial charge is 0.406 e. The minimum atomic E-state index is -2.96. The average molecular weight is 453 g/mol. The summed E-state index contributed by atoms with van der Waals surface area (Å²) >= 11 is 5.12. The van der Waals surface area contributed by atoms with Gasteiger partial charge in [0.25, 0.3) is 5.56 Å². The quantitative estimate of drug-likeness (QED) is 0.200. The van der Waals surface area contributed by atoms with Crippen LogP contribution in [0.3, 0.4) is 0 Å². The van der Waals surface area contributed by atoms with Gasteiger partial charge in [0.1, 0.15) is 25.6 Å². The van der Waals surface area contributed by atoms with Crippen LogP contribution in [0, 0.1) is 4.77 Å². The normalized spacial score (nSPS) is 20.9. The zero-order valence-electron chi connectivity index (χ0n) is 17.0. The predicted octanol–water partition coefficient (Wildman–Crippen LogP) is 1.61. The van der Waals surface area contributed by atoms with Crippen LogP contribution in [0.4, 0.5) is 0 Å². The van der Waals surface area contributed by atoms with Gasteiger partial charge in [0.15, 0.2) is 11.1 Å². The lowest BCUT2D eigenvalue weighted by Gasteiger charge is -2.19. The van der Waals surface area contributed by atoms with Crippen molar-refractivity contribution in [1.29, 1.82) is 0 Å². The highest BCUT2D eigenvalue weighted by Gasteiger charge is 2.38. The van der Waals surface area contributed by atoms with Gasteiger partial charge >= 0.3 is 7.94 Å². The first kappa shape index (κ1) is 27.7. The van der Waals surface area contributed by atoms with Gasteiger partial charge in [-0.25, -0.2) is 0 Å². The van der Waals surface area contributed by atoms with E-state index in [4.69, 9.17) is 36.2 Å². The van der Waals surface area contributed by atoms with Crippen molar-refractivity contribution in [3.63, 3.8) is 0 Å². The van der Waals surface area contributed by atoms with Gasteiger partial charge in [-0.3, -0.25) is 19.1 Å². The zero-order valence-corrected chi connectivity index (χ0v) is 18.7. The molecule has 1 aliphatic rings. The smallest absolute Gasteiger partial charge is 0.400 e. The summed E-state index contributed by atoms with van der Waals surface area (Å²) in [6.07, 6.45) is 3.76. The second-order valence-corrected chi connectivity index (χ2v) is 8.27. The summed E-state index contributed by atoms with van der Waals surface area (Å²) in [7, 11) is -0.961. The molecule has 0 radical (unpaired) electrons.